The first-order valence-corrected chi connectivity index (χ1v) is 9.96. The molecular formula is C15H28O4Si. The Morgan fingerprint density at radius 3 is 2.55 bits per heavy atom. The second-order valence-electron chi connectivity index (χ2n) is 6.61. The van der Waals surface area contributed by atoms with E-state index in [4.69, 9.17) is 13.9 Å². The molecule has 0 radical (unpaired) electrons. The molecule has 0 aromatic heterocycles. The van der Waals surface area contributed by atoms with Crippen LogP contribution in [0.1, 0.15) is 20.8 Å². The molecular weight excluding hydrogens is 272 g/mol. The maximum Gasteiger partial charge on any atom is 0.192 e. The Hall–Kier alpha value is -0.463. The van der Waals surface area contributed by atoms with Crippen molar-refractivity contribution >= 4 is 8.32 Å². The molecule has 116 valence electrons. The van der Waals surface area contributed by atoms with Crippen molar-refractivity contribution < 1.29 is 19.0 Å². The quantitative estimate of drug-likeness (QED) is 0.605. The average molecular weight is 300 g/mol. The summed E-state index contributed by atoms with van der Waals surface area (Å²) in [7, 11) is -1.84. The van der Waals surface area contributed by atoms with Gasteiger partial charge in [-0.25, -0.2) is 0 Å². The fourth-order valence-electron chi connectivity index (χ4n) is 1.53. The van der Waals surface area contributed by atoms with Gasteiger partial charge in [0.2, 0.25) is 0 Å². The van der Waals surface area contributed by atoms with E-state index in [0.717, 1.165) is 0 Å². The lowest BCUT2D eigenvalue weighted by molar-refractivity contribution is -0.173. The first-order valence-electron chi connectivity index (χ1n) is 7.05. The predicted molar refractivity (Wildman–Crippen MR) is 83.1 cm³/mol. The normalized spacial score (nSPS) is 27.6. The van der Waals surface area contributed by atoms with Crippen LogP contribution in [0.3, 0.4) is 0 Å². The molecule has 5 heteroatoms. The highest BCUT2D eigenvalue weighted by Crippen LogP contribution is 2.36. The summed E-state index contributed by atoms with van der Waals surface area (Å²) in [4.78, 5) is 0. The zero-order valence-corrected chi connectivity index (χ0v) is 14.3. The van der Waals surface area contributed by atoms with E-state index < -0.39 is 20.7 Å². The highest BCUT2D eigenvalue weighted by Gasteiger charge is 2.38. The number of aliphatic hydroxyl groups is 1. The first-order chi connectivity index (χ1) is 9.17. The van der Waals surface area contributed by atoms with E-state index >= 15 is 0 Å². The van der Waals surface area contributed by atoms with Crippen molar-refractivity contribution in [3.8, 4) is 0 Å². The Bertz CT molecular complexity index is 346. The van der Waals surface area contributed by atoms with Crippen molar-refractivity contribution in [2.24, 2.45) is 0 Å². The van der Waals surface area contributed by atoms with E-state index in [-0.39, 0.29) is 11.1 Å². The molecule has 0 fully saturated rings. The zero-order valence-electron chi connectivity index (χ0n) is 13.3. The number of aliphatic hydroxyl groups excluding tert-OH is 1. The number of hydrogen-bond donors (Lipinski definition) is 1. The van der Waals surface area contributed by atoms with Gasteiger partial charge in [0.15, 0.2) is 14.6 Å². The fraction of sp³-hybridized carbons (Fsp3) is 0.733. The van der Waals surface area contributed by atoms with E-state index in [9.17, 15) is 5.11 Å². The first kappa shape index (κ1) is 17.6. The van der Waals surface area contributed by atoms with Gasteiger partial charge in [-0.1, -0.05) is 32.9 Å². The molecule has 3 atom stereocenters. The molecule has 0 saturated heterocycles. The van der Waals surface area contributed by atoms with Gasteiger partial charge < -0.3 is 19.0 Å². The van der Waals surface area contributed by atoms with Gasteiger partial charge in [0.05, 0.1) is 13.2 Å². The molecule has 0 bridgehead atoms. The van der Waals surface area contributed by atoms with Gasteiger partial charge in [0.25, 0.3) is 0 Å². The van der Waals surface area contributed by atoms with Crippen LogP contribution in [-0.4, -0.2) is 45.1 Å². The second-order valence-corrected chi connectivity index (χ2v) is 11.4. The lowest BCUT2D eigenvalue weighted by atomic mass is 10.1. The summed E-state index contributed by atoms with van der Waals surface area (Å²) in [6, 6.07) is 0. The molecule has 0 saturated carbocycles. The average Bonchev–Trinajstić information content (AvgIpc) is 2.35. The zero-order chi connectivity index (χ0) is 15.4. The van der Waals surface area contributed by atoms with Crippen LogP contribution in [-0.2, 0) is 13.9 Å². The largest absolute Gasteiger partial charge is 0.414 e. The number of hydrogen-bond acceptors (Lipinski definition) is 4. The van der Waals surface area contributed by atoms with Crippen LogP contribution in [0.2, 0.25) is 18.1 Å². The molecule has 1 aliphatic rings. The topological polar surface area (TPSA) is 47.9 Å². The summed E-state index contributed by atoms with van der Waals surface area (Å²) in [6.07, 6.45) is 3.62. The highest BCUT2D eigenvalue weighted by atomic mass is 28.4. The van der Waals surface area contributed by atoms with Crippen molar-refractivity contribution in [3.05, 3.63) is 24.8 Å². The number of ether oxygens (including phenoxy) is 2. The molecule has 1 aliphatic heterocycles. The third kappa shape index (κ3) is 4.82. The van der Waals surface area contributed by atoms with Crippen LogP contribution < -0.4 is 0 Å². The molecule has 0 aliphatic carbocycles. The van der Waals surface area contributed by atoms with E-state index in [1.54, 1.807) is 18.2 Å². The standard InChI is InChI=1S/C15H28O4Si/c1-7-10-17-14-9-8-12(16)13(19-14)11-18-20(5,6)15(2,3)4/h7-9,12-14,16H,1,10-11H2,2-6H3/t12-,13-,14+/m1/s1. The Balaban J connectivity index is 2.55. The van der Waals surface area contributed by atoms with Gasteiger partial charge in [-0.15, -0.1) is 6.58 Å². The Morgan fingerprint density at radius 1 is 1.35 bits per heavy atom. The monoisotopic (exact) mass is 300 g/mol. The van der Waals surface area contributed by atoms with Crippen molar-refractivity contribution in [2.45, 2.75) is 57.4 Å². The molecule has 1 N–H and O–H groups in total. The third-order valence-electron chi connectivity index (χ3n) is 3.95. The van der Waals surface area contributed by atoms with E-state index in [1.807, 2.05) is 0 Å². The lowest BCUT2D eigenvalue weighted by Crippen LogP contribution is -2.46. The molecule has 0 amide bonds. The molecule has 1 rings (SSSR count). The van der Waals surface area contributed by atoms with Gasteiger partial charge in [0, 0.05) is 0 Å². The Morgan fingerprint density at radius 2 is 2.00 bits per heavy atom. The molecule has 20 heavy (non-hydrogen) atoms. The smallest absolute Gasteiger partial charge is 0.192 e. The van der Waals surface area contributed by atoms with Crippen molar-refractivity contribution in [3.63, 3.8) is 0 Å². The molecule has 0 aromatic rings. The van der Waals surface area contributed by atoms with Crippen LogP contribution in [0.4, 0.5) is 0 Å². The summed E-state index contributed by atoms with van der Waals surface area (Å²) in [5, 5.41) is 10.1. The second kappa shape index (κ2) is 7.00. The van der Waals surface area contributed by atoms with Crippen LogP contribution in [0.5, 0.6) is 0 Å². The van der Waals surface area contributed by atoms with Crippen molar-refractivity contribution in [1.82, 2.24) is 0 Å². The minimum atomic E-state index is -1.84. The molecule has 0 aromatic carbocycles. The van der Waals surface area contributed by atoms with Crippen LogP contribution in [0.25, 0.3) is 0 Å². The Labute approximate surface area is 123 Å². The Kier molecular flexibility index (Phi) is 6.16. The van der Waals surface area contributed by atoms with Crippen LogP contribution in [0.15, 0.2) is 24.8 Å². The highest BCUT2D eigenvalue weighted by molar-refractivity contribution is 6.74. The van der Waals surface area contributed by atoms with Gasteiger partial charge >= 0.3 is 0 Å². The van der Waals surface area contributed by atoms with E-state index in [1.165, 1.54) is 0 Å². The van der Waals surface area contributed by atoms with Crippen molar-refractivity contribution in [1.29, 1.82) is 0 Å². The van der Waals surface area contributed by atoms with E-state index in [0.29, 0.717) is 13.2 Å². The summed E-state index contributed by atoms with van der Waals surface area (Å²) < 4.78 is 17.2. The summed E-state index contributed by atoms with van der Waals surface area (Å²) in [6.45, 7) is 15.3. The van der Waals surface area contributed by atoms with Gasteiger partial charge in [-0.05, 0) is 24.2 Å². The summed E-state index contributed by atoms with van der Waals surface area (Å²) >= 11 is 0. The fourth-order valence-corrected chi connectivity index (χ4v) is 2.54. The van der Waals surface area contributed by atoms with E-state index in [2.05, 4.69) is 40.4 Å². The van der Waals surface area contributed by atoms with Crippen LogP contribution >= 0.6 is 0 Å². The van der Waals surface area contributed by atoms with Gasteiger partial charge in [0.1, 0.15) is 12.2 Å². The number of rotatable bonds is 6. The van der Waals surface area contributed by atoms with Gasteiger partial charge in [-0.2, -0.15) is 0 Å². The molecule has 1 heterocycles. The minimum Gasteiger partial charge on any atom is -0.414 e. The molecule has 4 nitrogen and oxygen atoms in total. The van der Waals surface area contributed by atoms with Crippen LogP contribution in [0, 0.1) is 0 Å². The SMILES string of the molecule is C=CCO[C@@H]1C=C[C@@H](O)[C@@H](CO[Si](C)(C)C(C)(C)C)O1. The summed E-state index contributed by atoms with van der Waals surface area (Å²) in [5.74, 6) is 0. The minimum absolute atomic E-state index is 0.140. The third-order valence-corrected chi connectivity index (χ3v) is 8.45. The summed E-state index contributed by atoms with van der Waals surface area (Å²) in [5.41, 5.74) is 0. The van der Waals surface area contributed by atoms with Crippen molar-refractivity contribution in [2.75, 3.05) is 13.2 Å². The molecule has 0 unspecified atom stereocenters. The molecule has 0 spiro atoms. The maximum atomic E-state index is 9.96. The predicted octanol–water partition coefficient (Wildman–Crippen LogP) is 2.85. The maximum absolute atomic E-state index is 9.96. The van der Waals surface area contributed by atoms with Gasteiger partial charge in [-0.3, -0.25) is 0 Å². The lowest BCUT2D eigenvalue weighted by Gasteiger charge is -2.38.